The Kier molecular flexibility index (Phi) is 4.34. The lowest BCUT2D eigenvalue weighted by Crippen LogP contribution is -2.05. The Morgan fingerprint density at radius 3 is 2.29 bits per heavy atom. The van der Waals surface area contributed by atoms with Crippen LogP contribution in [0.4, 0.5) is 17.1 Å². The molecule has 0 aliphatic rings. The summed E-state index contributed by atoms with van der Waals surface area (Å²) in [6, 6.07) is 2.57. The van der Waals surface area contributed by atoms with E-state index in [0.29, 0.717) is 14.9 Å². The Morgan fingerprint density at radius 2 is 1.86 bits per heavy atom. The van der Waals surface area contributed by atoms with Gasteiger partial charge in [0.25, 0.3) is 11.4 Å². The van der Waals surface area contributed by atoms with Gasteiger partial charge in [0, 0.05) is 23.2 Å². The van der Waals surface area contributed by atoms with E-state index in [9.17, 15) is 20.2 Å². The molecule has 1 aromatic carbocycles. The van der Waals surface area contributed by atoms with Crippen LogP contribution in [0.1, 0.15) is 10.4 Å². The molecule has 1 aromatic heterocycles. The summed E-state index contributed by atoms with van der Waals surface area (Å²) in [5.41, 5.74) is -0.352. The summed E-state index contributed by atoms with van der Waals surface area (Å²) in [4.78, 5) is 25.4. The van der Waals surface area contributed by atoms with Crippen molar-refractivity contribution in [2.45, 2.75) is 13.5 Å². The third kappa shape index (κ3) is 3.44. The number of hydrogen-bond acceptors (Lipinski definition) is 7. The monoisotopic (exact) mass is 328 g/mol. The fraction of sp³-hybridized carbons (Fsp3) is 0.182. The summed E-state index contributed by atoms with van der Waals surface area (Å²) in [5, 5.41) is 24.9. The van der Waals surface area contributed by atoms with Crippen molar-refractivity contribution in [1.82, 2.24) is 4.98 Å². The highest BCUT2D eigenvalue weighted by Crippen LogP contribution is 2.36. The van der Waals surface area contributed by atoms with Gasteiger partial charge in [-0.3, -0.25) is 20.2 Å². The number of aryl methyl sites for hydroxylation is 1. The van der Waals surface area contributed by atoms with Crippen molar-refractivity contribution in [3.8, 4) is 0 Å². The largest absolute Gasteiger partial charge is 0.369 e. The summed E-state index contributed by atoms with van der Waals surface area (Å²) < 4.78 is 0.333. The van der Waals surface area contributed by atoms with Crippen LogP contribution in [0.2, 0.25) is 4.47 Å². The van der Waals surface area contributed by atoms with Gasteiger partial charge in [-0.05, 0) is 12.5 Å². The average molecular weight is 329 g/mol. The molecule has 2 aromatic rings. The van der Waals surface area contributed by atoms with Crippen molar-refractivity contribution >= 4 is 40.0 Å². The fourth-order valence-electron chi connectivity index (χ4n) is 1.76. The number of rotatable bonds is 5. The number of anilines is 1. The van der Waals surface area contributed by atoms with Crippen molar-refractivity contribution in [2.24, 2.45) is 0 Å². The van der Waals surface area contributed by atoms with Gasteiger partial charge in [0.2, 0.25) is 0 Å². The number of halogens is 1. The van der Waals surface area contributed by atoms with E-state index in [-0.39, 0.29) is 23.6 Å². The first kappa shape index (κ1) is 15.1. The van der Waals surface area contributed by atoms with Gasteiger partial charge < -0.3 is 5.32 Å². The third-order valence-corrected chi connectivity index (χ3v) is 3.71. The molecule has 1 heterocycles. The topological polar surface area (TPSA) is 111 Å². The molecular formula is C11H9ClN4O4S. The molecule has 0 unspecified atom stereocenters. The van der Waals surface area contributed by atoms with Gasteiger partial charge in [-0.2, -0.15) is 0 Å². The average Bonchev–Trinajstić information content (AvgIpc) is 2.81. The van der Waals surface area contributed by atoms with E-state index in [4.69, 9.17) is 11.6 Å². The maximum absolute atomic E-state index is 11.1. The predicted molar refractivity (Wildman–Crippen MR) is 78.9 cm³/mol. The number of nitro benzene ring substituents is 2. The second kappa shape index (κ2) is 6.02. The van der Waals surface area contributed by atoms with E-state index < -0.39 is 9.85 Å². The molecule has 8 nitrogen and oxygen atoms in total. The van der Waals surface area contributed by atoms with Gasteiger partial charge in [0.05, 0.1) is 16.4 Å². The zero-order valence-corrected chi connectivity index (χ0v) is 12.3. The Morgan fingerprint density at radius 1 is 1.29 bits per heavy atom. The molecule has 110 valence electrons. The van der Waals surface area contributed by atoms with Crippen molar-refractivity contribution in [3.05, 3.63) is 53.5 Å². The van der Waals surface area contributed by atoms with Crippen LogP contribution >= 0.6 is 22.9 Å². The number of thiazole rings is 1. The minimum Gasteiger partial charge on any atom is -0.369 e. The van der Waals surface area contributed by atoms with Crippen molar-refractivity contribution in [1.29, 1.82) is 0 Å². The first-order valence-corrected chi connectivity index (χ1v) is 6.85. The molecule has 0 saturated carbocycles. The number of aromatic nitrogens is 1. The minimum absolute atomic E-state index is 0.125. The number of nitrogens with one attached hydrogen (secondary N) is 1. The predicted octanol–water partition coefficient (Wildman–Crippen LogP) is 3.53. The first-order chi connectivity index (χ1) is 9.88. The van der Waals surface area contributed by atoms with Crippen LogP contribution in [0.3, 0.4) is 0 Å². The second-order valence-electron chi connectivity index (χ2n) is 4.13. The summed E-state index contributed by atoms with van der Waals surface area (Å²) >= 11 is 6.88. The van der Waals surface area contributed by atoms with Gasteiger partial charge in [-0.15, -0.1) is 11.3 Å². The van der Waals surface area contributed by atoms with Crippen LogP contribution in [0.15, 0.2) is 18.3 Å². The van der Waals surface area contributed by atoms with Gasteiger partial charge in [-0.1, -0.05) is 11.6 Å². The maximum Gasteiger partial charge on any atom is 0.299 e. The number of nitro groups is 2. The molecule has 2 rings (SSSR count). The molecule has 0 bridgehead atoms. The van der Waals surface area contributed by atoms with Crippen molar-refractivity contribution < 1.29 is 9.85 Å². The van der Waals surface area contributed by atoms with Crippen LogP contribution in [-0.4, -0.2) is 14.8 Å². The summed E-state index contributed by atoms with van der Waals surface area (Å²) in [6.45, 7) is 1.72. The Labute approximate surface area is 127 Å². The third-order valence-electron chi connectivity index (χ3n) is 2.60. The van der Waals surface area contributed by atoms with E-state index in [1.807, 2.05) is 0 Å². The Hall–Kier alpha value is -2.26. The molecule has 10 heteroatoms. The SMILES string of the molecule is Cc1cc([N+](=O)[O-])c(NCc2cnc(Cl)s2)c([N+](=O)[O-])c1. The smallest absolute Gasteiger partial charge is 0.299 e. The number of nitrogens with zero attached hydrogens (tertiary/aromatic N) is 3. The van der Waals surface area contributed by atoms with E-state index in [1.165, 1.54) is 29.7 Å². The lowest BCUT2D eigenvalue weighted by atomic mass is 10.1. The van der Waals surface area contributed by atoms with Crippen LogP contribution in [0, 0.1) is 27.2 Å². The van der Waals surface area contributed by atoms with E-state index in [1.54, 1.807) is 6.92 Å². The number of benzene rings is 1. The molecule has 0 atom stereocenters. The fourth-order valence-corrected chi connectivity index (χ4v) is 2.68. The standard InChI is InChI=1S/C11H9ClN4O4S/c1-6-2-8(15(17)18)10(9(3-6)16(19)20)13-4-7-5-14-11(12)21-7/h2-3,5,13H,4H2,1H3. The highest BCUT2D eigenvalue weighted by atomic mass is 35.5. The van der Waals surface area contributed by atoms with Crippen LogP contribution in [-0.2, 0) is 6.54 Å². The second-order valence-corrected chi connectivity index (χ2v) is 5.82. The molecule has 0 radical (unpaired) electrons. The lowest BCUT2D eigenvalue weighted by molar-refractivity contribution is -0.392. The van der Waals surface area contributed by atoms with Gasteiger partial charge in [-0.25, -0.2) is 4.98 Å². The molecular weight excluding hydrogens is 320 g/mol. The molecule has 0 amide bonds. The molecule has 0 aliphatic heterocycles. The first-order valence-electron chi connectivity index (χ1n) is 5.66. The van der Waals surface area contributed by atoms with Crippen LogP contribution in [0.25, 0.3) is 0 Å². The Balaban J connectivity index is 2.39. The highest BCUT2D eigenvalue weighted by molar-refractivity contribution is 7.15. The highest BCUT2D eigenvalue weighted by Gasteiger charge is 2.25. The Bertz CT molecular complexity index is 683. The molecule has 0 aliphatic carbocycles. The molecule has 0 saturated heterocycles. The molecule has 0 spiro atoms. The lowest BCUT2D eigenvalue weighted by Gasteiger charge is -2.07. The van der Waals surface area contributed by atoms with Crippen molar-refractivity contribution in [2.75, 3.05) is 5.32 Å². The van der Waals surface area contributed by atoms with Crippen LogP contribution < -0.4 is 5.32 Å². The maximum atomic E-state index is 11.1. The number of hydrogen-bond donors (Lipinski definition) is 1. The zero-order valence-electron chi connectivity index (χ0n) is 10.7. The van der Waals surface area contributed by atoms with Crippen LogP contribution in [0.5, 0.6) is 0 Å². The van der Waals surface area contributed by atoms with Gasteiger partial charge in [0.15, 0.2) is 10.2 Å². The zero-order chi connectivity index (χ0) is 15.6. The summed E-state index contributed by atoms with van der Waals surface area (Å²) in [6.07, 6.45) is 1.51. The van der Waals surface area contributed by atoms with E-state index in [2.05, 4.69) is 10.3 Å². The summed E-state index contributed by atoms with van der Waals surface area (Å²) in [7, 11) is 0. The van der Waals surface area contributed by atoms with Crippen molar-refractivity contribution in [3.63, 3.8) is 0 Å². The molecule has 0 fully saturated rings. The summed E-state index contributed by atoms with van der Waals surface area (Å²) in [5.74, 6) is 0. The quantitative estimate of drug-likeness (QED) is 0.663. The normalized spacial score (nSPS) is 10.4. The van der Waals surface area contributed by atoms with E-state index in [0.717, 1.165) is 0 Å². The molecule has 1 N–H and O–H groups in total. The van der Waals surface area contributed by atoms with Gasteiger partial charge >= 0.3 is 0 Å². The minimum atomic E-state index is -0.651. The van der Waals surface area contributed by atoms with E-state index >= 15 is 0 Å². The van der Waals surface area contributed by atoms with Gasteiger partial charge in [0.1, 0.15) is 0 Å². The molecule has 21 heavy (non-hydrogen) atoms.